The molecule has 0 aromatic rings. The van der Waals surface area contributed by atoms with Gasteiger partial charge in [-0.1, -0.05) is 214 Å². The average molecular weight is 737 g/mol. The molecular weight excluding hydrogens is 648 g/mol. The summed E-state index contributed by atoms with van der Waals surface area (Å²) in [5, 5.41) is 0. The maximum atomic E-state index is 12.6. The summed E-state index contributed by atoms with van der Waals surface area (Å²) in [4.78, 5) is 37.4. The Hall–Kier alpha value is -1.59. The highest BCUT2D eigenvalue weighted by Crippen LogP contribution is 2.16. The van der Waals surface area contributed by atoms with Gasteiger partial charge in [0, 0.05) is 19.3 Å². The Balaban J connectivity index is 4.09. The molecule has 0 spiro atoms. The second kappa shape index (κ2) is 40.6. The summed E-state index contributed by atoms with van der Waals surface area (Å²) in [6.45, 7) is 8.87. The minimum Gasteiger partial charge on any atom is -0.462 e. The van der Waals surface area contributed by atoms with Gasteiger partial charge >= 0.3 is 17.9 Å². The van der Waals surface area contributed by atoms with Gasteiger partial charge in [-0.25, -0.2) is 0 Å². The first-order chi connectivity index (χ1) is 25.4. The average Bonchev–Trinajstić information content (AvgIpc) is 3.12. The van der Waals surface area contributed by atoms with Crippen LogP contribution < -0.4 is 0 Å². The van der Waals surface area contributed by atoms with Gasteiger partial charge in [0.2, 0.25) is 0 Å². The minimum atomic E-state index is -0.758. The van der Waals surface area contributed by atoms with Crippen LogP contribution in [0.2, 0.25) is 0 Å². The molecule has 0 bridgehead atoms. The van der Waals surface area contributed by atoms with Gasteiger partial charge in [-0.15, -0.1) is 0 Å². The molecule has 0 saturated heterocycles. The van der Waals surface area contributed by atoms with E-state index in [0.717, 1.165) is 70.1 Å². The summed E-state index contributed by atoms with van der Waals surface area (Å²) in [6.07, 6.45) is 39.9. The van der Waals surface area contributed by atoms with Crippen LogP contribution in [0, 0.1) is 5.92 Å². The summed E-state index contributed by atoms with van der Waals surface area (Å²) in [5.74, 6) is -0.0943. The number of esters is 3. The van der Waals surface area contributed by atoms with Crippen molar-refractivity contribution in [1.82, 2.24) is 0 Å². The van der Waals surface area contributed by atoms with Gasteiger partial charge in [-0.3, -0.25) is 14.4 Å². The number of carbonyl (C=O) groups is 3. The summed E-state index contributed by atoms with van der Waals surface area (Å²) in [6, 6.07) is 0. The van der Waals surface area contributed by atoms with Crippen LogP contribution >= 0.6 is 0 Å². The predicted octanol–water partition coefficient (Wildman–Crippen LogP) is 14.3. The van der Waals surface area contributed by atoms with Crippen LogP contribution in [0.15, 0.2) is 0 Å². The van der Waals surface area contributed by atoms with E-state index in [0.29, 0.717) is 19.3 Å². The first kappa shape index (κ1) is 50.4. The zero-order valence-corrected chi connectivity index (χ0v) is 35.3. The van der Waals surface area contributed by atoms with Crippen molar-refractivity contribution >= 4 is 17.9 Å². The van der Waals surface area contributed by atoms with E-state index in [9.17, 15) is 14.4 Å². The lowest BCUT2D eigenvalue weighted by Crippen LogP contribution is -2.30. The standard InChI is InChI=1S/C46H88O6/c1-5-7-9-11-12-13-14-15-16-17-18-19-20-21-22-23-26-30-34-38-45(48)51-41-43(40-50-44(47)37-33-28-10-8-6-2)52-46(49)39-35-31-27-24-25-29-32-36-42(3)4/h42-43H,5-41H2,1-4H3/t43-/m0/s1. The quantitative estimate of drug-likeness (QED) is 0.0353. The van der Waals surface area contributed by atoms with Gasteiger partial charge in [-0.2, -0.15) is 0 Å². The lowest BCUT2D eigenvalue weighted by atomic mass is 10.0. The van der Waals surface area contributed by atoms with Crippen molar-refractivity contribution in [2.24, 2.45) is 5.92 Å². The maximum Gasteiger partial charge on any atom is 0.306 e. The van der Waals surface area contributed by atoms with Crippen LogP contribution in [0.3, 0.4) is 0 Å². The van der Waals surface area contributed by atoms with E-state index in [2.05, 4.69) is 27.7 Å². The Morgan fingerprint density at radius 3 is 0.942 bits per heavy atom. The van der Waals surface area contributed by atoms with Gasteiger partial charge in [0.25, 0.3) is 0 Å². The molecule has 52 heavy (non-hydrogen) atoms. The van der Waals surface area contributed by atoms with E-state index in [1.807, 2.05) is 0 Å². The Morgan fingerprint density at radius 1 is 0.365 bits per heavy atom. The van der Waals surface area contributed by atoms with Crippen molar-refractivity contribution in [3.05, 3.63) is 0 Å². The molecule has 0 amide bonds. The molecule has 6 nitrogen and oxygen atoms in total. The summed E-state index contributed by atoms with van der Waals surface area (Å²) in [5.41, 5.74) is 0. The largest absolute Gasteiger partial charge is 0.462 e. The van der Waals surface area contributed by atoms with Gasteiger partial charge in [0.1, 0.15) is 13.2 Å². The Labute approximate surface area is 323 Å². The van der Waals surface area contributed by atoms with Gasteiger partial charge in [-0.05, 0) is 25.2 Å². The van der Waals surface area contributed by atoms with Crippen LogP contribution in [-0.2, 0) is 28.6 Å². The molecular formula is C46H88O6. The van der Waals surface area contributed by atoms with E-state index in [4.69, 9.17) is 14.2 Å². The van der Waals surface area contributed by atoms with Crippen LogP contribution in [0.25, 0.3) is 0 Å². The third-order valence-corrected chi connectivity index (χ3v) is 10.3. The van der Waals surface area contributed by atoms with E-state index < -0.39 is 6.10 Å². The monoisotopic (exact) mass is 737 g/mol. The second-order valence-corrected chi connectivity index (χ2v) is 16.2. The van der Waals surface area contributed by atoms with Crippen LogP contribution in [0.1, 0.15) is 252 Å². The van der Waals surface area contributed by atoms with Gasteiger partial charge in [0.05, 0.1) is 0 Å². The van der Waals surface area contributed by atoms with E-state index in [1.165, 1.54) is 141 Å². The SMILES string of the molecule is CCCCCCCCCCCCCCCCCCCCCC(=O)OC[C@H](COC(=O)CCCCCCC)OC(=O)CCCCCCCCCC(C)C. The molecule has 0 aliphatic rings. The maximum absolute atomic E-state index is 12.6. The summed E-state index contributed by atoms with van der Waals surface area (Å²) in [7, 11) is 0. The third kappa shape index (κ3) is 39.6. The smallest absolute Gasteiger partial charge is 0.306 e. The third-order valence-electron chi connectivity index (χ3n) is 10.3. The van der Waals surface area contributed by atoms with Gasteiger partial charge in [0.15, 0.2) is 6.10 Å². The summed E-state index contributed by atoms with van der Waals surface area (Å²) < 4.78 is 16.6. The predicted molar refractivity (Wildman–Crippen MR) is 220 cm³/mol. The first-order valence-electron chi connectivity index (χ1n) is 22.9. The highest BCUT2D eigenvalue weighted by atomic mass is 16.6. The zero-order chi connectivity index (χ0) is 38.2. The van der Waals surface area contributed by atoms with Crippen molar-refractivity contribution in [3.8, 4) is 0 Å². The first-order valence-corrected chi connectivity index (χ1v) is 22.9. The van der Waals surface area contributed by atoms with Crippen LogP contribution in [0.5, 0.6) is 0 Å². The molecule has 1 atom stereocenters. The zero-order valence-electron chi connectivity index (χ0n) is 35.3. The molecule has 0 N–H and O–H groups in total. The number of hydrogen-bond acceptors (Lipinski definition) is 6. The van der Waals surface area contributed by atoms with Crippen molar-refractivity contribution in [2.45, 2.75) is 259 Å². The summed E-state index contributed by atoms with van der Waals surface area (Å²) >= 11 is 0. The lowest BCUT2D eigenvalue weighted by Gasteiger charge is -2.18. The van der Waals surface area contributed by atoms with Crippen LogP contribution in [-0.4, -0.2) is 37.2 Å². The van der Waals surface area contributed by atoms with Crippen molar-refractivity contribution in [3.63, 3.8) is 0 Å². The Morgan fingerprint density at radius 2 is 0.635 bits per heavy atom. The molecule has 0 aliphatic heterocycles. The van der Waals surface area contributed by atoms with Crippen LogP contribution in [0.4, 0.5) is 0 Å². The fourth-order valence-corrected chi connectivity index (χ4v) is 6.80. The molecule has 0 unspecified atom stereocenters. The fraction of sp³-hybridized carbons (Fsp3) is 0.935. The van der Waals surface area contributed by atoms with Crippen molar-refractivity contribution in [1.29, 1.82) is 0 Å². The molecule has 0 rings (SSSR count). The highest BCUT2D eigenvalue weighted by molar-refractivity contribution is 5.71. The second-order valence-electron chi connectivity index (χ2n) is 16.2. The van der Waals surface area contributed by atoms with E-state index >= 15 is 0 Å². The van der Waals surface area contributed by atoms with Crippen molar-refractivity contribution in [2.75, 3.05) is 13.2 Å². The molecule has 0 radical (unpaired) electrons. The molecule has 0 aromatic carbocycles. The normalized spacial score (nSPS) is 11.9. The number of rotatable bonds is 41. The number of hydrogen-bond donors (Lipinski definition) is 0. The minimum absolute atomic E-state index is 0.0656. The molecule has 0 aromatic heterocycles. The van der Waals surface area contributed by atoms with E-state index in [-0.39, 0.29) is 31.1 Å². The topological polar surface area (TPSA) is 78.9 Å². The van der Waals surface area contributed by atoms with Crippen molar-refractivity contribution < 1.29 is 28.6 Å². The fourth-order valence-electron chi connectivity index (χ4n) is 6.80. The molecule has 0 fully saturated rings. The Kier molecular flexibility index (Phi) is 39.4. The number of ether oxygens (including phenoxy) is 3. The van der Waals surface area contributed by atoms with E-state index in [1.54, 1.807) is 0 Å². The molecule has 0 heterocycles. The van der Waals surface area contributed by atoms with Gasteiger partial charge < -0.3 is 14.2 Å². The molecule has 0 aliphatic carbocycles. The number of unbranched alkanes of at least 4 members (excludes halogenated alkanes) is 28. The highest BCUT2D eigenvalue weighted by Gasteiger charge is 2.19. The lowest BCUT2D eigenvalue weighted by molar-refractivity contribution is -0.167. The molecule has 0 saturated carbocycles. The molecule has 308 valence electrons. The Bertz CT molecular complexity index is 781. The molecule has 6 heteroatoms. The number of carbonyl (C=O) groups excluding carboxylic acids is 3.